The second-order valence-electron chi connectivity index (χ2n) is 5.80. The summed E-state index contributed by atoms with van der Waals surface area (Å²) in [6.45, 7) is 3.29. The maximum absolute atomic E-state index is 14.2. The highest BCUT2D eigenvalue weighted by atomic mass is 19.4. The molecule has 116 valence electrons. The van der Waals surface area contributed by atoms with Gasteiger partial charge in [-0.25, -0.2) is 4.39 Å². The van der Waals surface area contributed by atoms with Crippen LogP contribution in [-0.4, -0.2) is 31.1 Å². The van der Waals surface area contributed by atoms with Crippen LogP contribution >= 0.6 is 0 Å². The van der Waals surface area contributed by atoms with Gasteiger partial charge in [-0.3, -0.25) is 4.90 Å². The Labute approximate surface area is 121 Å². The van der Waals surface area contributed by atoms with Crippen LogP contribution in [0.4, 0.5) is 17.6 Å². The van der Waals surface area contributed by atoms with Crippen molar-refractivity contribution in [3.8, 4) is 0 Å². The molecule has 1 atom stereocenters. The zero-order chi connectivity index (χ0) is 15.0. The minimum absolute atomic E-state index is 0.0885. The van der Waals surface area contributed by atoms with Crippen molar-refractivity contribution in [2.75, 3.05) is 26.2 Å². The topological polar surface area (TPSA) is 15.3 Å². The molecule has 2 nitrogen and oxygen atoms in total. The number of nitrogens with zero attached hydrogens (tertiary/aromatic N) is 1. The molecule has 1 aromatic carbocycles. The molecule has 1 aliphatic heterocycles. The quantitative estimate of drug-likeness (QED) is 0.863. The summed E-state index contributed by atoms with van der Waals surface area (Å²) >= 11 is 0. The molecular weight excluding hydrogens is 284 g/mol. The first-order chi connectivity index (χ1) is 9.97. The Morgan fingerprint density at radius 2 is 1.81 bits per heavy atom. The van der Waals surface area contributed by atoms with E-state index in [4.69, 9.17) is 0 Å². The SMILES string of the molecule is Fc1cc(C(F)(F)F)ccc1[C@@H](C1CC1)N1CCNCC1. The van der Waals surface area contributed by atoms with Crippen LogP contribution in [0.3, 0.4) is 0 Å². The van der Waals surface area contributed by atoms with Crippen molar-refractivity contribution < 1.29 is 17.6 Å². The van der Waals surface area contributed by atoms with Crippen LogP contribution in [-0.2, 0) is 6.18 Å². The molecule has 0 bridgehead atoms. The van der Waals surface area contributed by atoms with E-state index in [1.807, 2.05) is 0 Å². The molecule has 21 heavy (non-hydrogen) atoms. The molecule has 1 N–H and O–H groups in total. The Morgan fingerprint density at radius 3 is 2.33 bits per heavy atom. The summed E-state index contributed by atoms with van der Waals surface area (Å²) in [5.41, 5.74) is -0.508. The average Bonchev–Trinajstić information content (AvgIpc) is 3.26. The van der Waals surface area contributed by atoms with Gasteiger partial charge in [0.25, 0.3) is 0 Å². The molecule has 0 spiro atoms. The molecule has 1 heterocycles. The molecule has 0 radical (unpaired) electrons. The second kappa shape index (κ2) is 5.57. The largest absolute Gasteiger partial charge is 0.416 e. The number of nitrogens with one attached hydrogen (secondary N) is 1. The number of benzene rings is 1. The Kier molecular flexibility index (Phi) is 3.92. The zero-order valence-corrected chi connectivity index (χ0v) is 11.6. The molecule has 1 saturated carbocycles. The first-order valence-electron chi connectivity index (χ1n) is 7.28. The van der Waals surface area contributed by atoms with Crippen LogP contribution in [0.15, 0.2) is 18.2 Å². The summed E-state index contributed by atoms with van der Waals surface area (Å²) in [6.07, 6.45) is -2.45. The minimum Gasteiger partial charge on any atom is -0.314 e. The van der Waals surface area contributed by atoms with Crippen LogP contribution in [0.5, 0.6) is 0 Å². The Hall–Kier alpha value is -1.14. The number of hydrogen-bond donors (Lipinski definition) is 1. The van der Waals surface area contributed by atoms with E-state index in [2.05, 4.69) is 10.2 Å². The third-order valence-corrected chi connectivity index (χ3v) is 4.26. The van der Waals surface area contributed by atoms with Gasteiger partial charge in [-0.05, 0) is 30.9 Å². The van der Waals surface area contributed by atoms with Crippen LogP contribution in [0, 0.1) is 11.7 Å². The van der Waals surface area contributed by atoms with Crippen molar-refractivity contribution in [1.82, 2.24) is 10.2 Å². The van der Waals surface area contributed by atoms with Crippen LogP contribution in [0.2, 0.25) is 0 Å². The Morgan fingerprint density at radius 1 is 1.14 bits per heavy atom. The third-order valence-electron chi connectivity index (χ3n) is 4.26. The molecule has 6 heteroatoms. The minimum atomic E-state index is -4.50. The van der Waals surface area contributed by atoms with Gasteiger partial charge in [0.15, 0.2) is 0 Å². The standard InChI is InChI=1S/C15H18F4N2/c16-13-9-11(15(17,18)19)3-4-12(13)14(10-1-2-10)21-7-5-20-6-8-21/h3-4,9-10,14,20H,1-2,5-8H2/t14-/m1/s1. The van der Waals surface area contributed by atoms with Gasteiger partial charge in [0, 0.05) is 37.8 Å². The second-order valence-corrected chi connectivity index (χ2v) is 5.80. The third kappa shape index (κ3) is 3.21. The lowest BCUT2D eigenvalue weighted by Crippen LogP contribution is -2.45. The first-order valence-corrected chi connectivity index (χ1v) is 7.28. The van der Waals surface area contributed by atoms with E-state index >= 15 is 0 Å². The maximum atomic E-state index is 14.2. The predicted molar refractivity (Wildman–Crippen MR) is 71.3 cm³/mol. The molecule has 0 amide bonds. The highest BCUT2D eigenvalue weighted by Gasteiger charge is 2.39. The van der Waals surface area contributed by atoms with E-state index in [-0.39, 0.29) is 6.04 Å². The highest BCUT2D eigenvalue weighted by molar-refractivity contribution is 5.30. The molecule has 0 unspecified atom stereocenters. The lowest BCUT2D eigenvalue weighted by atomic mass is 9.97. The van der Waals surface area contributed by atoms with Gasteiger partial charge in [-0.2, -0.15) is 13.2 Å². The fourth-order valence-corrected chi connectivity index (χ4v) is 3.06. The summed E-state index contributed by atoms with van der Waals surface area (Å²) in [5, 5.41) is 3.24. The van der Waals surface area contributed by atoms with Crippen LogP contribution < -0.4 is 5.32 Å². The predicted octanol–water partition coefficient (Wildman–Crippen LogP) is 3.20. The Bertz CT molecular complexity index is 505. The lowest BCUT2D eigenvalue weighted by Gasteiger charge is -2.35. The van der Waals surface area contributed by atoms with Crippen molar-refractivity contribution in [3.63, 3.8) is 0 Å². The Balaban J connectivity index is 1.89. The van der Waals surface area contributed by atoms with Gasteiger partial charge >= 0.3 is 6.18 Å². The summed E-state index contributed by atoms with van der Waals surface area (Å²) in [6, 6.07) is 2.86. The van der Waals surface area contributed by atoms with Gasteiger partial charge in [-0.1, -0.05) is 6.07 Å². The zero-order valence-electron chi connectivity index (χ0n) is 11.6. The van der Waals surface area contributed by atoms with Crippen LogP contribution in [0.25, 0.3) is 0 Å². The van der Waals surface area contributed by atoms with E-state index < -0.39 is 17.6 Å². The first kappa shape index (κ1) is 14.8. The maximum Gasteiger partial charge on any atom is 0.416 e. The van der Waals surface area contributed by atoms with Gasteiger partial charge in [0.05, 0.1) is 5.56 Å². The van der Waals surface area contributed by atoms with Crippen molar-refractivity contribution in [2.24, 2.45) is 5.92 Å². The summed E-state index contributed by atoms with van der Waals surface area (Å²) in [4.78, 5) is 2.19. The van der Waals surface area contributed by atoms with Gasteiger partial charge in [-0.15, -0.1) is 0 Å². The monoisotopic (exact) mass is 302 g/mol. The molecular formula is C15H18F4N2. The molecule has 3 rings (SSSR count). The molecule has 1 aliphatic carbocycles. The van der Waals surface area contributed by atoms with Gasteiger partial charge in [0.1, 0.15) is 5.82 Å². The number of piperazine rings is 1. The molecule has 2 fully saturated rings. The van der Waals surface area contributed by atoms with E-state index in [1.54, 1.807) is 0 Å². The lowest BCUT2D eigenvalue weighted by molar-refractivity contribution is -0.137. The number of hydrogen-bond acceptors (Lipinski definition) is 2. The number of rotatable bonds is 3. The highest BCUT2D eigenvalue weighted by Crippen LogP contribution is 2.45. The molecule has 0 aromatic heterocycles. The molecule has 2 aliphatic rings. The summed E-state index contributed by atoms with van der Waals surface area (Å²) in [5.74, 6) is -0.366. The van der Waals surface area contributed by atoms with Crippen LogP contribution in [0.1, 0.15) is 30.0 Å². The van der Waals surface area contributed by atoms with Gasteiger partial charge in [0.2, 0.25) is 0 Å². The number of alkyl halides is 3. The summed E-state index contributed by atoms with van der Waals surface area (Å²) < 4.78 is 52.2. The van der Waals surface area contributed by atoms with E-state index in [9.17, 15) is 17.6 Å². The molecule has 1 saturated heterocycles. The van der Waals surface area contributed by atoms with Crippen molar-refractivity contribution >= 4 is 0 Å². The van der Waals surface area contributed by atoms with Gasteiger partial charge < -0.3 is 5.32 Å². The summed E-state index contributed by atoms with van der Waals surface area (Å²) in [7, 11) is 0. The van der Waals surface area contributed by atoms with Crippen molar-refractivity contribution in [1.29, 1.82) is 0 Å². The molecule has 1 aromatic rings. The van der Waals surface area contributed by atoms with E-state index in [0.29, 0.717) is 17.5 Å². The fourth-order valence-electron chi connectivity index (χ4n) is 3.06. The van der Waals surface area contributed by atoms with Crippen molar-refractivity contribution in [3.05, 3.63) is 35.1 Å². The van der Waals surface area contributed by atoms with E-state index in [0.717, 1.165) is 45.1 Å². The number of halogens is 4. The smallest absolute Gasteiger partial charge is 0.314 e. The van der Waals surface area contributed by atoms with E-state index in [1.165, 1.54) is 6.07 Å². The fraction of sp³-hybridized carbons (Fsp3) is 0.600. The average molecular weight is 302 g/mol. The normalized spacial score (nSPS) is 22.3. The van der Waals surface area contributed by atoms with Crippen molar-refractivity contribution in [2.45, 2.75) is 25.1 Å².